The molecule has 0 radical (unpaired) electrons. The number of aliphatic hydroxyl groups is 6. The van der Waals surface area contributed by atoms with Crippen LogP contribution in [0.25, 0.3) is 0 Å². The van der Waals surface area contributed by atoms with Crippen molar-refractivity contribution < 1.29 is 54.3 Å². The number of hydrogen-bond donors (Lipinski definition) is 6. The summed E-state index contributed by atoms with van der Waals surface area (Å²) < 4.78 is 26.2. The van der Waals surface area contributed by atoms with Crippen LogP contribution >= 0.6 is 0 Å². The lowest BCUT2D eigenvalue weighted by Crippen LogP contribution is -2.65. The summed E-state index contributed by atoms with van der Waals surface area (Å²) in [7, 11) is 2.54. The fourth-order valence-corrected chi connectivity index (χ4v) is 3.09. The highest BCUT2D eigenvalue weighted by molar-refractivity contribution is 4.94. The Kier molecular flexibility index (Phi) is 7.49. The first-order valence-electron chi connectivity index (χ1n) is 7.85. The maximum absolute atomic E-state index is 10.3. The molecule has 0 aromatic rings. The largest absolute Gasteiger partial charge is 0.394 e. The molecule has 0 aliphatic carbocycles. The predicted molar refractivity (Wildman–Crippen MR) is 78.2 cm³/mol. The van der Waals surface area contributed by atoms with Crippen LogP contribution in [0.2, 0.25) is 0 Å². The molecular formula is C14H26O11. The average Bonchev–Trinajstić information content (AvgIpc) is 2.60. The van der Waals surface area contributed by atoms with Gasteiger partial charge in [0.1, 0.15) is 48.8 Å². The molecule has 2 aliphatic heterocycles. The Bertz CT molecular complexity index is 410. The van der Waals surface area contributed by atoms with Crippen LogP contribution in [0, 0.1) is 0 Å². The van der Waals surface area contributed by atoms with Gasteiger partial charge in [0.15, 0.2) is 12.6 Å². The predicted octanol–water partition coefficient (Wildman–Crippen LogP) is -4.09. The maximum atomic E-state index is 10.3. The topological polar surface area (TPSA) is 168 Å². The van der Waals surface area contributed by atoms with E-state index in [-0.39, 0.29) is 0 Å². The molecule has 11 nitrogen and oxygen atoms in total. The van der Waals surface area contributed by atoms with Gasteiger partial charge < -0.3 is 54.3 Å². The molecule has 0 aromatic carbocycles. The Morgan fingerprint density at radius 2 is 1.32 bits per heavy atom. The molecule has 2 saturated heterocycles. The zero-order chi connectivity index (χ0) is 18.7. The van der Waals surface area contributed by atoms with Crippen LogP contribution in [0.15, 0.2) is 0 Å². The molecule has 6 N–H and O–H groups in total. The molecule has 0 bridgehead atoms. The van der Waals surface area contributed by atoms with Crippen molar-refractivity contribution in [2.24, 2.45) is 0 Å². The van der Waals surface area contributed by atoms with E-state index in [9.17, 15) is 30.6 Å². The highest BCUT2D eigenvalue weighted by atomic mass is 16.7. The van der Waals surface area contributed by atoms with Crippen molar-refractivity contribution >= 4 is 0 Å². The third kappa shape index (κ3) is 4.12. The van der Waals surface area contributed by atoms with E-state index in [0.29, 0.717) is 0 Å². The summed E-state index contributed by atoms with van der Waals surface area (Å²) >= 11 is 0. The van der Waals surface area contributed by atoms with E-state index in [1.165, 1.54) is 14.2 Å². The van der Waals surface area contributed by atoms with E-state index in [2.05, 4.69) is 0 Å². The van der Waals surface area contributed by atoms with E-state index in [0.717, 1.165) is 0 Å². The highest BCUT2D eigenvalue weighted by Gasteiger charge is 2.51. The van der Waals surface area contributed by atoms with Crippen LogP contribution in [0.4, 0.5) is 0 Å². The number of ether oxygens (including phenoxy) is 5. The minimum atomic E-state index is -1.59. The van der Waals surface area contributed by atoms with Gasteiger partial charge in [-0.2, -0.15) is 0 Å². The first kappa shape index (κ1) is 20.9. The van der Waals surface area contributed by atoms with Crippen molar-refractivity contribution in [2.75, 3.05) is 27.4 Å². The van der Waals surface area contributed by atoms with Gasteiger partial charge in [0.2, 0.25) is 0 Å². The molecule has 25 heavy (non-hydrogen) atoms. The second-order valence-electron chi connectivity index (χ2n) is 5.95. The molecular weight excluding hydrogens is 344 g/mol. The van der Waals surface area contributed by atoms with Crippen molar-refractivity contribution in [3.8, 4) is 0 Å². The Morgan fingerprint density at radius 1 is 0.720 bits per heavy atom. The summed E-state index contributed by atoms with van der Waals surface area (Å²) in [5, 5.41) is 58.7. The van der Waals surface area contributed by atoms with Crippen LogP contribution < -0.4 is 0 Å². The van der Waals surface area contributed by atoms with Gasteiger partial charge in [-0.3, -0.25) is 0 Å². The highest BCUT2D eigenvalue weighted by Crippen LogP contribution is 2.30. The van der Waals surface area contributed by atoms with Gasteiger partial charge >= 0.3 is 0 Å². The summed E-state index contributed by atoms with van der Waals surface area (Å²) in [6, 6.07) is 0. The second-order valence-corrected chi connectivity index (χ2v) is 5.95. The summed E-state index contributed by atoms with van der Waals surface area (Å²) in [5.74, 6) is 0. The van der Waals surface area contributed by atoms with Gasteiger partial charge in [-0.15, -0.1) is 0 Å². The monoisotopic (exact) mass is 370 g/mol. The Hall–Kier alpha value is -0.440. The standard InChI is InChI=1S/C14H26O11/c1-21-11-7(17)5(3-15)24-14(9(11)19)25-10-6(4-16)23-13(20)8(18)12(10)22-2/h5-20H,3-4H2,1-2H3/t5-,6-,7-,8-,9-,10-,11+,12-,13+,14-/m1/s1. The van der Waals surface area contributed by atoms with Crippen LogP contribution in [-0.2, 0) is 23.7 Å². The lowest BCUT2D eigenvalue weighted by molar-refractivity contribution is -0.358. The average molecular weight is 370 g/mol. The van der Waals surface area contributed by atoms with Crippen molar-refractivity contribution in [2.45, 2.75) is 61.4 Å². The maximum Gasteiger partial charge on any atom is 0.187 e. The lowest BCUT2D eigenvalue weighted by atomic mass is 9.97. The van der Waals surface area contributed by atoms with Crippen LogP contribution in [-0.4, -0.2) is 119 Å². The van der Waals surface area contributed by atoms with E-state index >= 15 is 0 Å². The van der Waals surface area contributed by atoms with E-state index in [4.69, 9.17) is 23.7 Å². The first-order valence-corrected chi connectivity index (χ1v) is 7.85. The smallest absolute Gasteiger partial charge is 0.187 e. The first-order chi connectivity index (χ1) is 11.9. The van der Waals surface area contributed by atoms with Crippen LogP contribution in [0.5, 0.6) is 0 Å². The van der Waals surface area contributed by atoms with Crippen LogP contribution in [0.1, 0.15) is 0 Å². The van der Waals surface area contributed by atoms with Gasteiger partial charge in [-0.1, -0.05) is 0 Å². The van der Waals surface area contributed by atoms with Crippen molar-refractivity contribution in [3.63, 3.8) is 0 Å². The van der Waals surface area contributed by atoms with Gasteiger partial charge in [-0.05, 0) is 0 Å². The van der Waals surface area contributed by atoms with Crippen molar-refractivity contribution in [1.82, 2.24) is 0 Å². The quantitative estimate of drug-likeness (QED) is 0.269. The zero-order valence-electron chi connectivity index (χ0n) is 13.9. The van der Waals surface area contributed by atoms with E-state index < -0.39 is 74.6 Å². The second kappa shape index (κ2) is 8.97. The number of methoxy groups -OCH3 is 2. The van der Waals surface area contributed by atoms with Gasteiger partial charge in [0.05, 0.1) is 13.2 Å². The molecule has 0 spiro atoms. The van der Waals surface area contributed by atoms with E-state index in [1.54, 1.807) is 0 Å². The van der Waals surface area contributed by atoms with Crippen LogP contribution in [0.3, 0.4) is 0 Å². The summed E-state index contributed by atoms with van der Waals surface area (Å²) in [6.45, 7) is -1.11. The molecule has 0 amide bonds. The molecule has 0 saturated carbocycles. The number of rotatable bonds is 6. The van der Waals surface area contributed by atoms with Crippen molar-refractivity contribution in [3.05, 3.63) is 0 Å². The Labute approximate surface area is 144 Å². The zero-order valence-corrected chi connectivity index (χ0v) is 13.9. The summed E-state index contributed by atoms with van der Waals surface area (Å²) in [5.41, 5.74) is 0. The molecule has 2 aliphatic rings. The fraction of sp³-hybridized carbons (Fsp3) is 1.00. The Morgan fingerprint density at radius 3 is 1.84 bits per heavy atom. The fourth-order valence-electron chi connectivity index (χ4n) is 3.09. The number of aliphatic hydroxyl groups excluding tert-OH is 6. The van der Waals surface area contributed by atoms with Gasteiger partial charge in [0, 0.05) is 14.2 Å². The van der Waals surface area contributed by atoms with Gasteiger partial charge in [0.25, 0.3) is 0 Å². The third-order valence-electron chi connectivity index (χ3n) is 4.47. The molecule has 2 rings (SSSR count). The van der Waals surface area contributed by atoms with E-state index in [1.807, 2.05) is 0 Å². The SMILES string of the molecule is CO[C@@H]1[C@@H](O)[C@@H](O[C@H]2[C@H](OC)[C@@H](O)[C@@H](O)O[C@@H]2CO)O[C@H](CO)[C@H]1O. The molecule has 11 heteroatoms. The minimum Gasteiger partial charge on any atom is -0.394 e. The normalized spacial score (nSPS) is 48.5. The molecule has 2 heterocycles. The molecule has 10 atom stereocenters. The molecule has 148 valence electrons. The minimum absolute atomic E-state index is 0.548. The summed E-state index contributed by atoms with van der Waals surface area (Å²) in [6.07, 6.45) is -12.6. The molecule has 2 fully saturated rings. The lowest BCUT2D eigenvalue weighted by Gasteiger charge is -2.46. The molecule has 0 aromatic heterocycles. The van der Waals surface area contributed by atoms with Crippen molar-refractivity contribution in [1.29, 1.82) is 0 Å². The molecule has 0 unspecified atom stereocenters. The third-order valence-corrected chi connectivity index (χ3v) is 4.47. The number of hydrogen-bond acceptors (Lipinski definition) is 11. The Balaban J connectivity index is 2.18. The summed E-state index contributed by atoms with van der Waals surface area (Å²) in [4.78, 5) is 0. The van der Waals surface area contributed by atoms with Gasteiger partial charge in [-0.25, -0.2) is 0 Å².